The monoisotopic (exact) mass is 213 g/mol. The molecule has 0 bridgehead atoms. The molecule has 0 heterocycles. The van der Waals surface area contributed by atoms with Crippen molar-refractivity contribution in [3.63, 3.8) is 0 Å². The molecule has 2 N–H and O–H groups in total. The van der Waals surface area contributed by atoms with Crippen LogP contribution in [0.3, 0.4) is 0 Å². The van der Waals surface area contributed by atoms with Gasteiger partial charge in [0.15, 0.2) is 0 Å². The van der Waals surface area contributed by atoms with Gasteiger partial charge in [-0.2, -0.15) is 0 Å². The van der Waals surface area contributed by atoms with Gasteiger partial charge in [-0.15, -0.1) is 11.6 Å². The quantitative estimate of drug-likeness (QED) is 0.719. The number of rotatable bonds is 3. The molecule has 0 aromatic heterocycles. The molecule has 0 aromatic rings. The third kappa shape index (κ3) is 3.74. The summed E-state index contributed by atoms with van der Waals surface area (Å²) in [4.78, 5) is 0. The lowest BCUT2D eigenvalue weighted by Gasteiger charge is -2.27. The van der Waals surface area contributed by atoms with Gasteiger partial charge in [-0.05, 0) is 11.8 Å². The van der Waals surface area contributed by atoms with Crippen LogP contribution in [0.4, 0.5) is 0 Å². The summed E-state index contributed by atoms with van der Waals surface area (Å²) < 4.78 is 22.2. The van der Waals surface area contributed by atoms with E-state index in [4.69, 9.17) is 16.7 Å². The minimum atomic E-state index is -3.47. The summed E-state index contributed by atoms with van der Waals surface area (Å²) >= 11 is 5.49. The van der Waals surface area contributed by atoms with Gasteiger partial charge in [-0.25, -0.2) is 13.6 Å². The number of primary sulfonamides is 1. The molecule has 0 radical (unpaired) electrons. The fraction of sp³-hybridized carbons (Fsp3) is 1.00. The summed E-state index contributed by atoms with van der Waals surface area (Å²) in [5.74, 6) is 0.318. The Bertz CT molecular complexity index is 230. The number of alkyl halides is 1. The number of hydrogen-bond acceptors (Lipinski definition) is 2. The molecule has 0 rings (SSSR count). The number of sulfonamides is 1. The predicted molar refractivity (Wildman–Crippen MR) is 51.7 cm³/mol. The first-order valence-corrected chi connectivity index (χ1v) is 5.91. The smallest absolute Gasteiger partial charge is 0.212 e. The summed E-state index contributed by atoms with van der Waals surface area (Å²) in [5, 5.41) is 4.51. The normalized spacial score (nSPS) is 16.1. The summed E-state index contributed by atoms with van der Waals surface area (Å²) in [7, 11) is -3.47. The van der Waals surface area contributed by atoms with E-state index in [-0.39, 0.29) is 5.41 Å². The zero-order chi connectivity index (χ0) is 9.99. The molecule has 0 aliphatic carbocycles. The number of hydrogen-bond donors (Lipinski definition) is 1. The fourth-order valence-electron chi connectivity index (χ4n) is 1.19. The van der Waals surface area contributed by atoms with Gasteiger partial charge in [-0.1, -0.05) is 20.8 Å². The maximum Gasteiger partial charge on any atom is 0.212 e. The van der Waals surface area contributed by atoms with Crippen LogP contribution < -0.4 is 5.14 Å². The van der Waals surface area contributed by atoms with Gasteiger partial charge in [0.2, 0.25) is 10.0 Å². The van der Waals surface area contributed by atoms with Crippen LogP contribution in [0.25, 0.3) is 0 Å². The summed E-state index contributed by atoms with van der Waals surface area (Å²) in [6.45, 7) is 5.53. The molecule has 0 aliphatic heterocycles. The maximum atomic E-state index is 11.1. The second-order valence-corrected chi connectivity index (χ2v) is 6.05. The van der Waals surface area contributed by atoms with E-state index in [0.29, 0.717) is 12.3 Å². The Morgan fingerprint density at radius 3 is 1.92 bits per heavy atom. The molecule has 12 heavy (non-hydrogen) atoms. The van der Waals surface area contributed by atoms with Crippen molar-refractivity contribution in [2.24, 2.45) is 10.6 Å². The maximum absolute atomic E-state index is 11.1. The molecule has 0 saturated carbocycles. The largest absolute Gasteiger partial charge is 0.228 e. The van der Waals surface area contributed by atoms with Gasteiger partial charge in [0, 0.05) is 5.88 Å². The lowest BCUT2D eigenvalue weighted by atomic mass is 9.90. The van der Waals surface area contributed by atoms with Crippen molar-refractivity contribution < 1.29 is 8.42 Å². The van der Waals surface area contributed by atoms with Gasteiger partial charge in [0.1, 0.15) is 0 Å². The van der Waals surface area contributed by atoms with Crippen LogP contribution in [-0.4, -0.2) is 19.5 Å². The van der Waals surface area contributed by atoms with Gasteiger partial charge < -0.3 is 0 Å². The number of halogens is 1. The van der Waals surface area contributed by atoms with Crippen molar-refractivity contribution in [2.45, 2.75) is 32.4 Å². The molecule has 0 fully saturated rings. The fourth-order valence-corrected chi connectivity index (χ4v) is 2.97. The van der Waals surface area contributed by atoms with Gasteiger partial charge in [0.25, 0.3) is 0 Å². The first-order valence-electron chi connectivity index (χ1n) is 3.77. The minimum Gasteiger partial charge on any atom is -0.228 e. The van der Waals surface area contributed by atoms with E-state index in [0.717, 1.165) is 0 Å². The van der Waals surface area contributed by atoms with Crippen LogP contribution in [0.15, 0.2) is 0 Å². The highest BCUT2D eigenvalue weighted by molar-refractivity contribution is 7.89. The van der Waals surface area contributed by atoms with Crippen LogP contribution in [-0.2, 0) is 10.0 Å². The molecule has 1 atom stereocenters. The predicted octanol–water partition coefficient (Wildman–Crippen LogP) is 1.32. The molecule has 3 nitrogen and oxygen atoms in total. The molecular formula is C7H16ClNO2S. The highest BCUT2D eigenvalue weighted by Gasteiger charge is 2.32. The van der Waals surface area contributed by atoms with Gasteiger partial charge in [0.05, 0.1) is 5.25 Å². The van der Waals surface area contributed by atoms with Crippen LogP contribution in [0.2, 0.25) is 0 Å². The third-order valence-electron chi connectivity index (χ3n) is 1.73. The molecular weight excluding hydrogens is 198 g/mol. The average Bonchev–Trinajstić information content (AvgIpc) is 1.77. The van der Waals surface area contributed by atoms with E-state index in [1.54, 1.807) is 0 Å². The SMILES string of the molecule is CC(C)(C)C(CCCl)S(N)(=O)=O. The van der Waals surface area contributed by atoms with E-state index < -0.39 is 15.3 Å². The molecule has 5 heteroatoms. The first kappa shape index (κ1) is 12.2. The van der Waals surface area contributed by atoms with Crippen molar-refractivity contribution in [1.82, 2.24) is 0 Å². The topological polar surface area (TPSA) is 60.2 Å². The van der Waals surface area contributed by atoms with Crippen LogP contribution in [0.1, 0.15) is 27.2 Å². The molecule has 1 unspecified atom stereocenters. The van der Waals surface area contributed by atoms with Crippen molar-refractivity contribution >= 4 is 21.6 Å². The van der Waals surface area contributed by atoms with Crippen molar-refractivity contribution in [1.29, 1.82) is 0 Å². The highest BCUT2D eigenvalue weighted by Crippen LogP contribution is 2.26. The molecule has 0 amide bonds. The lowest BCUT2D eigenvalue weighted by Crippen LogP contribution is -2.39. The van der Waals surface area contributed by atoms with Gasteiger partial charge >= 0.3 is 0 Å². The van der Waals surface area contributed by atoms with Crippen LogP contribution in [0.5, 0.6) is 0 Å². The number of nitrogens with two attached hydrogens (primary N) is 1. The molecule has 0 saturated heterocycles. The minimum absolute atomic E-state index is 0.318. The van der Waals surface area contributed by atoms with E-state index in [1.165, 1.54) is 0 Å². The van der Waals surface area contributed by atoms with Crippen LogP contribution >= 0.6 is 11.6 Å². The van der Waals surface area contributed by atoms with Gasteiger partial charge in [-0.3, -0.25) is 0 Å². The average molecular weight is 214 g/mol. The van der Waals surface area contributed by atoms with E-state index in [1.807, 2.05) is 20.8 Å². The molecule has 0 spiro atoms. The zero-order valence-electron chi connectivity index (χ0n) is 7.67. The summed E-state index contributed by atoms with van der Waals surface area (Å²) in [5.41, 5.74) is -0.345. The van der Waals surface area contributed by atoms with E-state index >= 15 is 0 Å². The standard InChI is InChI=1S/C7H16ClNO2S/c1-7(2,3)6(4-5-8)12(9,10)11/h6H,4-5H2,1-3H3,(H2,9,10,11). The Morgan fingerprint density at radius 1 is 1.42 bits per heavy atom. The summed E-state index contributed by atoms with van der Waals surface area (Å²) in [6, 6.07) is 0. The van der Waals surface area contributed by atoms with Crippen molar-refractivity contribution in [3.8, 4) is 0 Å². The highest BCUT2D eigenvalue weighted by atomic mass is 35.5. The second kappa shape index (κ2) is 3.94. The Balaban J connectivity index is 4.70. The molecule has 74 valence electrons. The molecule has 0 aromatic carbocycles. The van der Waals surface area contributed by atoms with E-state index in [9.17, 15) is 8.42 Å². The van der Waals surface area contributed by atoms with E-state index in [2.05, 4.69) is 0 Å². The Kier molecular flexibility index (Phi) is 4.00. The Hall–Kier alpha value is 0.200. The first-order chi connectivity index (χ1) is 5.19. The van der Waals surface area contributed by atoms with Crippen molar-refractivity contribution in [3.05, 3.63) is 0 Å². The molecule has 0 aliphatic rings. The lowest BCUT2D eigenvalue weighted by molar-refractivity contribution is 0.371. The Morgan fingerprint density at radius 2 is 1.83 bits per heavy atom. The van der Waals surface area contributed by atoms with Crippen molar-refractivity contribution in [2.75, 3.05) is 5.88 Å². The van der Waals surface area contributed by atoms with Crippen LogP contribution in [0, 0.1) is 5.41 Å². The third-order valence-corrected chi connectivity index (χ3v) is 3.69. The summed E-state index contributed by atoms with van der Waals surface area (Å²) in [6.07, 6.45) is 0.407. The Labute approximate surface area is 79.3 Å². The second-order valence-electron chi connectivity index (χ2n) is 3.92. The zero-order valence-corrected chi connectivity index (χ0v) is 9.24.